The maximum Gasteiger partial charge on any atom is 0.180 e. The lowest BCUT2D eigenvalue weighted by Crippen LogP contribution is -2.28. The summed E-state index contributed by atoms with van der Waals surface area (Å²) in [5, 5.41) is 11.1. The normalized spacial score (nSPS) is 10.8. The van der Waals surface area contributed by atoms with Crippen molar-refractivity contribution in [1.82, 2.24) is 30.0 Å². The molecule has 0 fully saturated rings. The molecule has 0 aliphatic heterocycles. The molecule has 0 saturated heterocycles. The summed E-state index contributed by atoms with van der Waals surface area (Å²) >= 11 is 5.22. The van der Waals surface area contributed by atoms with Gasteiger partial charge in [0.25, 0.3) is 0 Å². The number of rotatable bonds is 6. The summed E-state index contributed by atoms with van der Waals surface area (Å²) in [6.45, 7) is 3.41. The highest BCUT2D eigenvalue weighted by Gasteiger charge is 2.08. The van der Waals surface area contributed by atoms with Crippen LogP contribution < -0.4 is 15.5 Å². The number of nitrogens with one attached hydrogen (secondary N) is 2. The monoisotopic (exact) mass is 432 g/mol. The van der Waals surface area contributed by atoms with Gasteiger partial charge in [-0.2, -0.15) is 5.10 Å². The SMILES string of the molecule is CCNC(=S)Nc1ccc2ncc(-c3cnn(Cc4ccc(N(C)C)cc4)c3)nc2n1. The highest BCUT2D eigenvalue weighted by molar-refractivity contribution is 7.80. The smallest absolute Gasteiger partial charge is 0.180 e. The molecule has 9 heteroatoms. The molecule has 0 radical (unpaired) electrons. The minimum Gasteiger partial charge on any atom is -0.378 e. The molecular weight excluding hydrogens is 408 g/mol. The molecule has 3 aromatic heterocycles. The first-order chi connectivity index (χ1) is 15.0. The lowest BCUT2D eigenvalue weighted by Gasteiger charge is -2.12. The topological polar surface area (TPSA) is 83.8 Å². The van der Waals surface area contributed by atoms with Crippen molar-refractivity contribution in [3.8, 4) is 11.3 Å². The van der Waals surface area contributed by atoms with E-state index in [0.717, 1.165) is 23.3 Å². The first-order valence-corrected chi connectivity index (χ1v) is 10.4. The van der Waals surface area contributed by atoms with Crippen LogP contribution in [0.25, 0.3) is 22.4 Å². The van der Waals surface area contributed by atoms with E-state index in [9.17, 15) is 0 Å². The molecule has 2 N–H and O–H groups in total. The van der Waals surface area contributed by atoms with Crippen LogP contribution in [0.5, 0.6) is 0 Å². The molecule has 8 nitrogen and oxygen atoms in total. The van der Waals surface area contributed by atoms with Crippen LogP contribution in [0.15, 0.2) is 55.0 Å². The molecular formula is C22H24N8S. The molecule has 4 rings (SSSR count). The first-order valence-electron chi connectivity index (χ1n) is 9.99. The summed E-state index contributed by atoms with van der Waals surface area (Å²) in [6, 6.07) is 12.1. The van der Waals surface area contributed by atoms with Crippen molar-refractivity contribution in [2.45, 2.75) is 13.5 Å². The van der Waals surface area contributed by atoms with Gasteiger partial charge in [0.05, 0.1) is 24.6 Å². The molecule has 158 valence electrons. The molecule has 0 amide bonds. The Labute approximate surface area is 186 Å². The van der Waals surface area contributed by atoms with Gasteiger partial charge in [-0.05, 0) is 49.0 Å². The zero-order chi connectivity index (χ0) is 21.8. The molecule has 0 saturated carbocycles. The van der Waals surface area contributed by atoms with Gasteiger partial charge in [0, 0.05) is 38.1 Å². The van der Waals surface area contributed by atoms with Crippen molar-refractivity contribution >= 4 is 40.0 Å². The van der Waals surface area contributed by atoms with Crippen molar-refractivity contribution in [3.05, 3.63) is 60.6 Å². The van der Waals surface area contributed by atoms with E-state index in [1.54, 1.807) is 12.4 Å². The lowest BCUT2D eigenvalue weighted by atomic mass is 10.2. The average molecular weight is 433 g/mol. The van der Waals surface area contributed by atoms with Gasteiger partial charge in [-0.3, -0.25) is 9.67 Å². The molecule has 0 bridgehead atoms. The van der Waals surface area contributed by atoms with Gasteiger partial charge >= 0.3 is 0 Å². The minimum atomic E-state index is 0.526. The van der Waals surface area contributed by atoms with Gasteiger partial charge in [0.1, 0.15) is 11.3 Å². The molecule has 1 aromatic carbocycles. The van der Waals surface area contributed by atoms with Crippen LogP contribution in [-0.4, -0.2) is 50.5 Å². The van der Waals surface area contributed by atoms with Crippen molar-refractivity contribution in [2.24, 2.45) is 0 Å². The van der Waals surface area contributed by atoms with E-state index in [4.69, 9.17) is 12.2 Å². The second kappa shape index (κ2) is 9.05. The fourth-order valence-corrected chi connectivity index (χ4v) is 3.35. The number of pyridine rings is 1. The highest BCUT2D eigenvalue weighted by atomic mass is 32.1. The second-order valence-electron chi connectivity index (χ2n) is 7.27. The Hall–Kier alpha value is -3.59. The molecule has 0 aliphatic rings. The van der Waals surface area contributed by atoms with Gasteiger partial charge < -0.3 is 15.5 Å². The van der Waals surface area contributed by atoms with Gasteiger partial charge in [-0.15, -0.1) is 0 Å². The third kappa shape index (κ3) is 4.95. The van der Waals surface area contributed by atoms with Gasteiger partial charge in [-0.1, -0.05) is 12.1 Å². The van der Waals surface area contributed by atoms with Crippen LogP contribution in [-0.2, 0) is 6.54 Å². The Bertz CT molecular complexity index is 1200. The van der Waals surface area contributed by atoms with Crippen molar-refractivity contribution in [2.75, 3.05) is 30.9 Å². The largest absolute Gasteiger partial charge is 0.378 e. The predicted octanol–water partition coefficient (Wildman–Crippen LogP) is 3.31. The number of hydrogen-bond donors (Lipinski definition) is 2. The van der Waals surface area contributed by atoms with E-state index in [1.807, 2.05) is 44.0 Å². The third-order valence-corrected chi connectivity index (χ3v) is 4.96. The van der Waals surface area contributed by atoms with Gasteiger partial charge in [0.2, 0.25) is 0 Å². The van der Waals surface area contributed by atoms with Gasteiger partial charge in [0.15, 0.2) is 10.8 Å². The van der Waals surface area contributed by atoms with Gasteiger partial charge in [-0.25, -0.2) is 9.97 Å². The van der Waals surface area contributed by atoms with Crippen LogP contribution >= 0.6 is 12.2 Å². The Kier molecular flexibility index (Phi) is 6.03. The molecule has 0 aliphatic carbocycles. The molecule has 3 heterocycles. The maximum atomic E-state index is 5.22. The standard InChI is InChI=1S/C22H24N8S/c1-4-23-22(31)28-20-10-9-18-21(27-20)26-19(12-24-18)16-11-25-30(14-16)13-15-5-7-17(8-6-15)29(2)3/h5-12,14H,4,13H2,1-3H3,(H2,23,26,27,28,31). The molecule has 0 spiro atoms. The number of thiocarbonyl (C=S) groups is 1. The van der Waals surface area contributed by atoms with Crippen molar-refractivity contribution in [1.29, 1.82) is 0 Å². The Balaban J connectivity index is 1.53. The van der Waals surface area contributed by atoms with E-state index in [2.05, 4.69) is 59.8 Å². The zero-order valence-electron chi connectivity index (χ0n) is 17.7. The van der Waals surface area contributed by atoms with Crippen molar-refractivity contribution < 1.29 is 0 Å². The quantitative estimate of drug-likeness (QED) is 0.449. The highest BCUT2D eigenvalue weighted by Crippen LogP contribution is 2.20. The van der Waals surface area contributed by atoms with E-state index >= 15 is 0 Å². The molecule has 31 heavy (non-hydrogen) atoms. The number of aromatic nitrogens is 5. The maximum absolute atomic E-state index is 5.22. The summed E-state index contributed by atoms with van der Waals surface area (Å²) in [5.41, 5.74) is 5.23. The van der Waals surface area contributed by atoms with E-state index < -0.39 is 0 Å². The second-order valence-corrected chi connectivity index (χ2v) is 7.67. The van der Waals surface area contributed by atoms with E-state index in [0.29, 0.717) is 23.1 Å². The average Bonchev–Trinajstić information content (AvgIpc) is 3.22. The molecule has 0 atom stereocenters. The van der Waals surface area contributed by atoms with Crippen LogP contribution in [0.1, 0.15) is 12.5 Å². The molecule has 4 aromatic rings. The van der Waals surface area contributed by atoms with E-state index in [1.165, 1.54) is 11.3 Å². The fraction of sp³-hybridized carbons (Fsp3) is 0.227. The minimum absolute atomic E-state index is 0.526. The Morgan fingerprint density at radius 1 is 1.06 bits per heavy atom. The number of hydrogen-bond acceptors (Lipinski definition) is 6. The number of anilines is 2. The Morgan fingerprint density at radius 2 is 1.87 bits per heavy atom. The number of fused-ring (bicyclic) bond motifs is 1. The summed E-state index contributed by atoms with van der Waals surface area (Å²) < 4.78 is 1.89. The van der Waals surface area contributed by atoms with Crippen LogP contribution in [0, 0.1) is 0 Å². The lowest BCUT2D eigenvalue weighted by molar-refractivity contribution is 0.687. The summed E-state index contributed by atoms with van der Waals surface area (Å²) in [5.74, 6) is 0.627. The fourth-order valence-electron chi connectivity index (χ4n) is 3.10. The number of benzene rings is 1. The summed E-state index contributed by atoms with van der Waals surface area (Å²) in [6.07, 6.45) is 5.51. The van der Waals surface area contributed by atoms with Crippen LogP contribution in [0.3, 0.4) is 0 Å². The summed E-state index contributed by atoms with van der Waals surface area (Å²) in [7, 11) is 4.06. The Morgan fingerprint density at radius 3 is 2.61 bits per heavy atom. The predicted molar refractivity (Wildman–Crippen MR) is 128 cm³/mol. The number of nitrogens with zero attached hydrogens (tertiary/aromatic N) is 6. The first kappa shape index (κ1) is 20.7. The third-order valence-electron chi connectivity index (χ3n) is 4.71. The van der Waals surface area contributed by atoms with Crippen molar-refractivity contribution in [3.63, 3.8) is 0 Å². The van der Waals surface area contributed by atoms with Crippen LogP contribution in [0.4, 0.5) is 11.5 Å². The zero-order valence-corrected chi connectivity index (χ0v) is 18.5. The van der Waals surface area contributed by atoms with E-state index in [-0.39, 0.29) is 0 Å². The van der Waals surface area contributed by atoms with Crippen LogP contribution in [0.2, 0.25) is 0 Å². The summed E-state index contributed by atoms with van der Waals surface area (Å²) in [4.78, 5) is 15.8. The molecule has 0 unspecified atom stereocenters.